The van der Waals surface area contributed by atoms with Crippen molar-refractivity contribution in [2.45, 2.75) is 6.29 Å². The minimum atomic E-state index is -1.12. The lowest BCUT2D eigenvalue weighted by Gasteiger charge is -2.10. The molecule has 0 saturated carbocycles. The number of hydrogen-bond acceptors (Lipinski definition) is 3. The van der Waals surface area contributed by atoms with Crippen molar-refractivity contribution in [1.29, 1.82) is 0 Å². The summed E-state index contributed by atoms with van der Waals surface area (Å²) in [7, 11) is 0. The molecule has 0 bridgehead atoms. The molecular formula is C10H8O4. The van der Waals surface area contributed by atoms with Crippen molar-refractivity contribution in [2.24, 2.45) is 0 Å². The topological polar surface area (TPSA) is 55.8 Å². The summed E-state index contributed by atoms with van der Waals surface area (Å²) < 4.78 is 10.1. The number of carbonyl (C=O) groups is 1. The van der Waals surface area contributed by atoms with Gasteiger partial charge in [0.15, 0.2) is 0 Å². The Labute approximate surface area is 80.4 Å². The summed E-state index contributed by atoms with van der Waals surface area (Å²) in [5.74, 6) is -1.29. The molecule has 1 aliphatic heterocycles. The SMILES string of the molecule is O=C(O)C1=COC(c2ccccc2)O1. The van der Waals surface area contributed by atoms with Crippen LogP contribution < -0.4 is 0 Å². The molecule has 0 spiro atoms. The zero-order valence-corrected chi connectivity index (χ0v) is 7.21. The van der Waals surface area contributed by atoms with Gasteiger partial charge in [0.25, 0.3) is 6.29 Å². The van der Waals surface area contributed by atoms with Gasteiger partial charge in [-0.05, 0) is 0 Å². The van der Waals surface area contributed by atoms with Crippen LogP contribution in [0.1, 0.15) is 11.9 Å². The number of carboxylic acid groups (broad SMARTS) is 1. The van der Waals surface area contributed by atoms with Crippen LogP contribution in [0.5, 0.6) is 0 Å². The second-order valence-corrected chi connectivity index (χ2v) is 2.78. The molecule has 1 atom stereocenters. The van der Waals surface area contributed by atoms with E-state index in [2.05, 4.69) is 0 Å². The standard InChI is InChI=1S/C10H8O4/c11-9(12)8-6-13-10(14-8)7-4-2-1-3-5-7/h1-6,10H,(H,11,12). The maximum Gasteiger partial charge on any atom is 0.374 e. The summed E-state index contributed by atoms with van der Waals surface area (Å²) in [6.45, 7) is 0. The summed E-state index contributed by atoms with van der Waals surface area (Å²) in [4.78, 5) is 10.5. The average molecular weight is 192 g/mol. The highest BCUT2D eigenvalue weighted by Crippen LogP contribution is 2.27. The van der Waals surface area contributed by atoms with Crippen LogP contribution in [0, 0.1) is 0 Å². The first-order valence-electron chi connectivity index (χ1n) is 4.08. The van der Waals surface area contributed by atoms with Gasteiger partial charge in [-0.25, -0.2) is 4.79 Å². The molecular weight excluding hydrogens is 184 g/mol. The van der Waals surface area contributed by atoms with E-state index in [0.29, 0.717) is 0 Å². The molecule has 1 unspecified atom stereocenters. The Morgan fingerprint density at radius 3 is 2.57 bits per heavy atom. The van der Waals surface area contributed by atoms with Crippen LogP contribution in [0.3, 0.4) is 0 Å². The lowest BCUT2D eigenvalue weighted by molar-refractivity contribution is -0.139. The first-order valence-corrected chi connectivity index (χ1v) is 4.08. The molecule has 4 nitrogen and oxygen atoms in total. The van der Waals surface area contributed by atoms with Crippen molar-refractivity contribution in [3.8, 4) is 0 Å². The molecule has 0 amide bonds. The first kappa shape index (κ1) is 8.62. The minimum absolute atomic E-state index is 0.168. The summed E-state index contributed by atoms with van der Waals surface area (Å²) >= 11 is 0. The highest BCUT2D eigenvalue weighted by atomic mass is 16.7. The fourth-order valence-corrected chi connectivity index (χ4v) is 1.15. The quantitative estimate of drug-likeness (QED) is 0.774. The van der Waals surface area contributed by atoms with E-state index in [-0.39, 0.29) is 5.76 Å². The fraction of sp³-hybridized carbons (Fsp3) is 0.100. The Morgan fingerprint density at radius 2 is 2.00 bits per heavy atom. The van der Waals surface area contributed by atoms with Gasteiger partial charge in [-0.3, -0.25) is 0 Å². The smallest absolute Gasteiger partial charge is 0.374 e. The van der Waals surface area contributed by atoms with E-state index in [1.807, 2.05) is 30.3 Å². The summed E-state index contributed by atoms with van der Waals surface area (Å²) in [6.07, 6.45) is 0.474. The van der Waals surface area contributed by atoms with Crippen LogP contribution in [0.2, 0.25) is 0 Å². The molecule has 14 heavy (non-hydrogen) atoms. The van der Waals surface area contributed by atoms with Gasteiger partial charge in [0.1, 0.15) is 6.26 Å². The average Bonchev–Trinajstić information content (AvgIpc) is 2.68. The van der Waals surface area contributed by atoms with Gasteiger partial charge < -0.3 is 14.6 Å². The predicted molar refractivity (Wildman–Crippen MR) is 47.1 cm³/mol. The van der Waals surface area contributed by atoms with Crippen LogP contribution in [0.4, 0.5) is 0 Å². The van der Waals surface area contributed by atoms with E-state index in [9.17, 15) is 4.79 Å². The third-order valence-corrected chi connectivity index (χ3v) is 1.82. The molecule has 1 aliphatic rings. The zero-order valence-electron chi connectivity index (χ0n) is 7.21. The summed E-state index contributed by atoms with van der Waals surface area (Å²) in [5.41, 5.74) is 0.792. The van der Waals surface area contributed by atoms with Crippen LogP contribution in [0.15, 0.2) is 42.4 Å². The van der Waals surface area contributed by atoms with Crippen LogP contribution in [-0.4, -0.2) is 11.1 Å². The van der Waals surface area contributed by atoms with E-state index in [1.54, 1.807) is 0 Å². The van der Waals surface area contributed by atoms with Gasteiger partial charge in [0, 0.05) is 5.56 Å². The van der Waals surface area contributed by atoms with E-state index >= 15 is 0 Å². The lowest BCUT2D eigenvalue weighted by atomic mass is 10.2. The molecule has 1 heterocycles. The Morgan fingerprint density at radius 1 is 1.29 bits per heavy atom. The predicted octanol–water partition coefficient (Wildman–Crippen LogP) is 1.66. The molecule has 0 radical (unpaired) electrons. The van der Waals surface area contributed by atoms with E-state index in [1.165, 1.54) is 0 Å². The minimum Gasteiger partial charge on any atom is -0.475 e. The largest absolute Gasteiger partial charge is 0.475 e. The monoisotopic (exact) mass is 192 g/mol. The highest BCUT2D eigenvalue weighted by molar-refractivity contribution is 5.84. The van der Waals surface area contributed by atoms with Crippen LogP contribution in [0.25, 0.3) is 0 Å². The van der Waals surface area contributed by atoms with Gasteiger partial charge >= 0.3 is 5.97 Å². The van der Waals surface area contributed by atoms with Gasteiger partial charge in [-0.1, -0.05) is 30.3 Å². The number of rotatable bonds is 2. The first-order chi connectivity index (χ1) is 6.77. The van der Waals surface area contributed by atoms with Gasteiger partial charge in [0.2, 0.25) is 5.76 Å². The number of aliphatic carboxylic acids is 1. The molecule has 4 heteroatoms. The molecule has 0 saturated heterocycles. The maximum atomic E-state index is 10.5. The number of ether oxygens (including phenoxy) is 2. The van der Waals surface area contributed by atoms with Crippen molar-refractivity contribution in [3.05, 3.63) is 47.9 Å². The lowest BCUT2D eigenvalue weighted by Crippen LogP contribution is -2.04. The van der Waals surface area contributed by atoms with E-state index in [0.717, 1.165) is 11.8 Å². The van der Waals surface area contributed by atoms with Crippen molar-refractivity contribution >= 4 is 5.97 Å². The zero-order chi connectivity index (χ0) is 9.97. The van der Waals surface area contributed by atoms with Crippen molar-refractivity contribution in [1.82, 2.24) is 0 Å². The molecule has 1 aromatic carbocycles. The van der Waals surface area contributed by atoms with Gasteiger partial charge in [-0.15, -0.1) is 0 Å². The number of carboxylic acids is 1. The molecule has 1 N–H and O–H groups in total. The summed E-state index contributed by atoms with van der Waals surface area (Å²) in [5, 5.41) is 8.60. The molecule has 0 aliphatic carbocycles. The van der Waals surface area contributed by atoms with Crippen LogP contribution in [-0.2, 0) is 14.3 Å². The third kappa shape index (κ3) is 1.54. The second-order valence-electron chi connectivity index (χ2n) is 2.78. The van der Waals surface area contributed by atoms with Crippen molar-refractivity contribution < 1.29 is 19.4 Å². The highest BCUT2D eigenvalue weighted by Gasteiger charge is 2.25. The Hall–Kier alpha value is -1.97. The van der Waals surface area contributed by atoms with Crippen molar-refractivity contribution in [3.63, 3.8) is 0 Å². The van der Waals surface area contributed by atoms with E-state index in [4.69, 9.17) is 14.6 Å². The molecule has 0 fully saturated rings. The third-order valence-electron chi connectivity index (χ3n) is 1.82. The number of hydrogen-bond donors (Lipinski definition) is 1. The Kier molecular flexibility index (Phi) is 2.10. The normalized spacial score (nSPS) is 19.4. The van der Waals surface area contributed by atoms with Gasteiger partial charge in [-0.2, -0.15) is 0 Å². The molecule has 0 aromatic heterocycles. The van der Waals surface area contributed by atoms with Crippen LogP contribution >= 0.6 is 0 Å². The summed E-state index contributed by atoms with van der Waals surface area (Å²) in [6, 6.07) is 9.15. The molecule has 72 valence electrons. The van der Waals surface area contributed by atoms with Crippen molar-refractivity contribution in [2.75, 3.05) is 0 Å². The Balaban J connectivity index is 2.10. The second kappa shape index (κ2) is 3.41. The Bertz CT molecular complexity index is 369. The fourth-order valence-electron chi connectivity index (χ4n) is 1.15. The molecule has 2 rings (SSSR count). The van der Waals surface area contributed by atoms with Gasteiger partial charge in [0.05, 0.1) is 0 Å². The number of benzene rings is 1. The maximum absolute atomic E-state index is 10.5. The van der Waals surface area contributed by atoms with E-state index < -0.39 is 12.3 Å². The molecule has 1 aromatic rings.